The molecule has 0 heterocycles. The van der Waals surface area contributed by atoms with Crippen molar-refractivity contribution in [2.45, 2.75) is 17.9 Å². The maximum absolute atomic E-state index is 12.4. The van der Waals surface area contributed by atoms with Crippen molar-refractivity contribution in [2.75, 3.05) is 0 Å². The summed E-state index contributed by atoms with van der Waals surface area (Å²) in [6, 6.07) is 15.0. The van der Waals surface area contributed by atoms with Crippen molar-refractivity contribution in [1.82, 2.24) is 0 Å². The average molecular weight is 316 g/mol. The molecule has 2 aromatic rings. The molecule has 2 rings (SSSR count). The third kappa shape index (κ3) is 3.89. The first-order valence-electron chi connectivity index (χ1n) is 6.77. The van der Waals surface area contributed by atoms with Crippen LogP contribution in [0, 0.1) is 0 Å². The van der Waals surface area contributed by atoms with Gasteiger partial charge in [-0.05, 0) is 24.6 Å². The number of aromatic carboxylic acids is 1. The Kier molecular flexibility index (Phi) is 5.22. The van der Waals surface area contributed by atoms with Crippen LogP contribution in [0.4, 0.5) is 0 Å². The molecular formula is C17H16O4S. The molecule has 4 nitrogen and oxygen atoms in total. The first kappa shape index (κ1) is 16.1. The van der Waals surface area contributed by atoms with E-state index in [0.717, 1.165) is 0 Å². The van der Waals surface area contributed by atoms with Crippen molar-refractivity contribution in [3.8, 4) is 0 Å². The van der Waals surface area contributed by atoms with Crippen molar-refractivity contribution in [3.63, 3.8) is 0 Å². The molecule has 114 valence electrons. The van der Waals surface area contributed by atoms with Crippen LogP contribution >= 0.6 is 0 Å². The van der Waals surface area contributed by atoms with Crippen LogP contribution < -0.4 is 0 Å². The lowest BCUT2D eigenvalue weighted by atomic mass is 10.1. The van der Waals surface area contributed by atoms with Gasteiger partial charge in [0.2, 0.25) is 0 Å². The van der Waals surface area contributed by atoms with Crippen molar-refractivity contribution in [1.29, 1.82) is 0 Å². The molecule has 0 aliphatic rings. The Balaban J connectivity index is 2.10. The Hall–Kier alpha value is -2.27. The van der Waals surface area contributed by atoms with Gasteiger partial charge < -0.3 is 5.11 Å². The summed E-state index contributed by atoms with van der Waals surface area (Å²) >= 11 is 0. The Bertz CT molecular complexity index is 710. The van der Waals surface area contributed by atoms with Crippen LogP contribution in [0.25, 0.3) is 0 Å². The van der Waals surface area contributed by atoms with Crippen LogP contribution in [0.5, 0.6) is 0 Å². The fraction of sp³-hybridized carbons (Fsp3) is 0.176. The van der Waals surface area contributed by atoms with Crippen LogP contribution in [0.2, 0.25) is 0 Å². The molecule has 0 saturated heterocycles. The second kappa shape index (κ2) is 7.13. The summed E-state index contributed by atoms with van der Waals surface area (Å²) in [6.07, 6.45) is 0. The van der Waals surface area contributed by atoms with Gasteiger partial charge in [-0.2, -0.15) is 0 Å². The fourth-order valence-electron chi connectivity index (χ4n) is 2.04. The van der Waals surface area contributed by atoms with Gasteiger partial charge in [-0.25, -0.2) is 4.79 Å². The topological polar surface area (TPSA) is 71.4 Å². The number of Topliss-reactive ketones (excluding diaryl/α,β-unsaturated/α-hetero) is 1. The normalized spacial score (nSPS) is 13.3. The first-order valence-corrected chi connectivity index (χ1v) is 8.16. The Morgan fingerprint density at radius 2 is 1.68 bits per heavy atom. The molecule has 2 atom stereocenters. The minimum absolute atomic E-state index is 0.150. The number of ketones is 1. The van der Waals surface area contributed by atoms with Gasteiger partial charge in [0.05, 0.1) is 10.8 Å². The minimum Gasteiger partial charge on any atom is -0.478 e. The highest BCUT2D eigenvalue weighted by molar-refractivity contribution is 7.85. The summed E-state index contributed by atoms with van der Waals surface area (Å²) in [5.74, 6) is -1.05. The molecular weight excluding hydrogens is 300 g/mol. The van der Waals surface area contributed by atoms with E-state index in [1.807, 2.05) is 6.07 Å². The van der Waals surface area contributed by atoms with Crippen molar-refractivity contribution in [2.24, 2.45) is 0 Å². The van der Waals surface area contributed by atoms with Gasteiger partial charge in [0.25, 0.3) is 0 Å². The Morgan fingerprint density at radius 3 is 2.32 bits per heavy atom. The van der Waals surface area contributed by atoms with Crippen LogP contribution in [-0.2, 0) is 16.6 Å². The zero-order valence-electron chi connectivity index (χ0n) is 12.1. The maximum Gasteiger partial charge on any atom is 0.335 e. The lowest BCUT2D eigenvalue weighted by molar-refractivity contribution is 0.0696. The minimum atomic E-state index is -1.41. The fourth-order valence-corrected chi connectivity index (χ4v) is 3.17. The number of rotatable bonds is 6. The molecule has 1 N–H and O–H groups in total. The van der Waals surface area contributed by atoms with E-state index < -0.39 is 22.0 Å². The zero-order chi connectivity index (χ0) is 16.1. The van der Waals surface area contributed by atoms with Gasteiger partial charge in [0.15, 0.2) is 5.78 Å². The van der Waals surface area contributed by atoms with Gasteiger partial charge in [-0.1, -0.05) is 42.5 Å². The molecule has 0 aliphatic heterocycles. The van der Waals surface area contributed by atoms with E-state index in [1.54, 1.807) is 43.3 Å². The largest absolute Gasteiger partial charge is 0.478 e. The molecule has 0 radical (unpaired) electrons. The maximum atomic E-state index is 12.4. The number of benzene rings is 2. The quantitative estimate of drug-likeness (QED) is 0.832. The van der Waals surface area contributed by atoms with Gasteiger partial charge in [-0.3, -0.25) is 9.00 Å². The standard InChI is InChI=1S/C17H16O4S/c1-12(16(18)14-7-3-2-4-8-14)22(21)11-13-6-5-9-15(10-13)17(19)20/h2-10,12H,11H2,1H3,(H,19,20). The first-order chi connectivity index (χ1) is 10.5. The average Bonchev–Trinajstić information content (AvgIpc) is 2.54. The summed E-state index contributed by atoms with van der Waals surface area (Å²) in [6.45, 7) is 1.63. The number of carboxylic acids is 1. The van der Waals surface area contributed by atoms with Crippen LogP contribution in [0.3, 0.4) is 0 Å². The molecule has 0 fully saturated rings. The summed E-state index contributed by atoms with van der Waals surface area (Å²) in [5, 5.41) is 8.32. The number of carboxylic acid groups (broad SMARTS) is 1. The predicted molar refractivity (Wildman–Crippen MR) is 85.5 cm³/mol. The van der Waals surface area contributed by atoms with Crippen molar-refractivity contribution in [3.05, 3.63) is 71.3 Å². The van der Waals surface area contributed by atoms with E-state index in [9.17, 15) is 13.8 Å². The Morgan fingerprint density at radius 1 is 1.05 bits per heavy atom. The zero-order valence-corrected chi connectivity index (χ0v) is 12.9. The molecule has 22 heavy (non-hydrogen) atoms. The molecule has 0 aromatic heterocycles. The second-order valence-corrected chi connectivity index (χ2v) is 6.66. The Labute approximate surface area is 131 Å². The number of carbonyl (C=O) groups excluding carboxylic acids is 1. The van der Waals surface area contributed by atoms with Crippen molar-refractivity contribution >= 4 is 22.6 Å². The highest BCUT2D eigenvalue weighted by Gasteiger charge is 2.21. The van der Waals surface area contributed by atoms with E-state index in [4.69, 9.17) is 5.11 Å². The van der Waals surface area contributed by atoms with E-state index in [0.29, 0.717) is 11.1 Å². The summed E-state index contributed by atoms with van der Waals surface area (Å²) in [5.41, 5.74) is 1.32. The highest BCUT2D eigenvalue weighted by Crippen LogP contribution is 2.14. The molecule has 0 bridgehead atoms. The van der Waals surface area contributed by atoms with Crippen LogP contribution in [0.1, 0.15) is 33.2 Å². The monoisotopic (exact) mass is 316 g/mol. The van der Waals surface area contributed by atoms with Gasteiger partial charge in [0.1, 0.15) is 0 Å². The van der Waals surface area contributed by atoms with Crippen LogP contribution in [-0.4, -0.2) is 26.3 Å². The number of hydrogen-bond acceptors (Lipinski definition) is 3. The predicted octanol–water partition coefficient (Wildman–Crippen LogP) is 2.90. The number of hydrogen-bond donors (Lipinski definition) is 1. The van der Waals surface area contributed by atoms with E-state index in [1.165, 1.54) is 12.1 Å². The molecule has 2 aromatic carbocycles. The number of carbonyl (C=O) groups is 2. The molecule has 2 unspecified atom stereocenters. The lowest BCUT2D eigenvalue weighted by Gasteiger charge is -2.11. The summed E-state index contributed by atoms with van der Waals surface area (Å²) in [7, 11) is -1.41. The molecule has 0 amide bonds. The molecule has 0 aliphatic carbocycles. The summed E-state index contributed by atoms with van der Waals surface area (Å²) < 4.78 is 12.4. The molecule has 0 saturated carbocycles. The SMILES string of the molecule is CC(C(=O)c1ccccc1)S(=O)Cc1cccc(C(=O)O)c1. The lowest BCUT2D eigenvalue weighted by Crippen LogP contribution is -2.23. The third-order valence-electron chi connectivity index (χ3n) is 3.30. The van der Waals surface area contributed by atoms with Gasteiger partial charge in [0, 0.05) is 22.1 Å². The van der Waals surface area contributed by atoms with Crippen molar-refractivity contribution < 1.29 is 18.9 Å². The van der Waals surface area contributed by atoms with Gasteiger partial charge in [-0.15, -0.1) is 0 Å². The molecule has 5 heteroatoms. The molecule has 0 spiro atoms. The van der Waals surface area contributed by atoms with Gasteiger partial charge >= 0.3 is 5.97 Å². The van der Waals surface area contributed by atoms with E-state index in [-0.39, 0.29) is 17.1 Å². The van der Waals surface area contributed by atoms with E-state index in [2.05, 4.69) is 0 Å². The third-order valence-corrected chi connectivity index (χ3v) is 4.93. The van der Waals surface area contributed by atoms with E-state index >= 15 is 0 Å². The summed E-state index contributed by atoms with van der Waals surface area (Å²) in [4.78, 5) is 23.2. The highest BCUT2D eigenvalue weighted by atomic mass is 32.2. The second-order valence-electron chi connectivity index (χ2n) is 4.90. The smallest absolute Gasteiger partial charge is 0.335 e. The van der Waals surface area contributed by atoms with Crippen LogP contribution in [0.15, 0.2) is 54.6 Å².